The summed E-state index contributed by atoms with van der Waals surface area (Å²) in [4.78, 5) is 14.6. The van der Waals surface area contributed by atoms with Gasteiger partial charge in [-0.2, -0.15) is 0 Å². The lowest BCUT2D eigenvalue weighted by atomic mass is 9.80. The van der Waals surface area contributed by atoms with Crippen molar-refractivity contribution in [3.8, 4) is 0 Å². The van der Waals surface area contributed by atoms with E-state index in [4.69, 9.17) is 5.73 Å². The van der Waals surface area contributed by atoms with Crippen molar-refractivity contribution in [3.05, 3.63) is 11.6 Å². The summed E-state index contributed by atoms with van der Waals surface area (Å²) in [7, 11) is 0. The molecule has 1 aliphatic heterocycles. The zero-order valence-electron chi connectivity index (χ0n) is 12.7. The third-order valence-corrected chi connectivity index (χ3v) is 4.63. The summed E-state index contributed by atoms with van der Waals surface area (Å²) < 4.78 is 0. The van der Waals surface area contributed by atoms with Gasteiger partial charge in [0.2, 0.25) is 5.91 Å². The molecule has 1 aliphatic carbocycles. The van der Waals surface area contributed by atoms with Crippen molar-refractivity contribution < 1.29 is 4.79 Å². The maximum Gasteiger partial charge on any atom is 0.242 e. The first-order valence-corrected chi connectivity index (χ1v) is 7.61. The first kappa shape index (κ1) is 14.6. The Morgan fingerprint density at radius 3 is 2.37 bits per heavy atom. The van der Waals surface area contributed by atoms with Crippen molar-refractivity contribution in [2.45, 2.75) is 64.8 Å². The lowest BCUT2D eigenvalue weighted by Crippen LogP contribution is -2.57. The van der Waals surface area contributed by atoms with Gasteiger partial charge in [-0.1, -0.05) is 51.7 Å². The van der Waals surface area contributed by atoms with Gasteiger partial charge in [0.05, 0.1) is 5.54 Å². The van der Waals surface area contributed by atoms with E-state index in [0.29, 0.717) is 0 Å². The van der Waals surface area contributed by atoms with Crippen LogP contribution in [0, 0.1) is 5.41 Å². The maximum atomic E-state index is 12.6. The van der Waals surface area contributed by atoms with Crippen molar-refractivity contribution in [2.24, 2.45) is 11.1 Å². The minimum Gasteiger partial charge on any atom is -0.337 e. The Morgan fingerprint density at radius 1 is 1.26 bits per heavy atom. The number of hydrogen-bond donors (Lipinski definition) is 1. The largest absolute Gasteiger partial charge is 0.337 e. The van der Waals surface area contributed by atoms with Gasteiger partial charge in [0, 0.05) is 13.1 Å². The zero-order valence-corrected chi connectivity index (χ0v) is 12.7. The van der Waals surface area contributed by atoms with Crippen LogP contribution in [0.15, 0.2) is 11.6 Å². The summed E-state index contributed by atoms with van der Waals surface area (Å²) in [6.45, 7) is 8.29. The molecule has 1 heterocycles. The van der Waals surface area contributed by atoms with Gasteiger partial charge in [-0.05, 0) is 24.7 Å². The van der Waals surface area contributed by atoms with E-state index < -0.39 is 5.54 Å². The summed E-state index contributed by atoms with van der Waals surface area (Å²) in [6.07, 6.45) is 8.36. The molecule has 0 aromatic heterocycles. The van der Waals surface area contributed by atoms with Crippen LogP contribution in [0.3, 0.4) is 0 Å². The molecule has 1 saturated carbocycles. The van der Waals surface area contributed by atoms with Crippen LogP contribution in [-0.2, 0) is 4.79 Å². The Hall–Kier alpha value is -0.830. The van der Waals surface area contributed by atoms with E-state index in [-0.39, 0.29) is 11.3 Å². The van der Waals surface area contributed by atoms with E-state index in [9.17, 15) is 4.79 Å². The molecule has 0 aromatic rings. The van der Waals surface area contributed by atoms with E-state index in [1.165, 1.54) is 12.0 Å². The molecule has 3 heteroatoms. The average Bonchev–Trinajstić information content (AvgIpc) is 2.38. The summed E-state index contributed by atoms with van der Waals surface area (Å²) in [5, 5.41) is 0. The van der Waals surface area contributed by atoms with Gasteiger partial charge < -0.3 is 10.6 Å². The lowest BCUT2D eigenvalue weighted by molar-refractivity contribution is -0.138. The monoisotopic (exact) mass is 264 g/mol. The van der Waals surface area contributed by atoms with Crippen molar-refractivity contribution in [3.63, 3.8) is 0 Å². The number of nitrogens with zero attached hydrogens (tertiary/aromatic N) is 1. The van der Waals surface area contributed by atoms with Gasteiger partial charge in [-0.3, -0.25) is 4.79 Å². The highest BCUT2D eigenvalue weighted by atomic mass is 16.2. The lowest BCUT2D eigenvalue weighted by Gasteiger charge is -2.39. The number of amides is 1. The molecule has 1 fully saturated rings. The van der Waals surface area contributed by atoms with Crippen molar-refractivity contribution in [1.29, 1.82) is 0 Å². The Morgan fingerprint density at radius 2 is 1.89 bits per heavy atom. The van der Waals surface area contributed by atoms with Crippen LogP contribution in [0.1, 0.15) is 59.3 Å². The smallest absolute Gasteiger partial charge is 0.242 e. The van der Waals surface area contributed by atoms with Crippen molar-refractivity contribution in [1.82, 2.24) is 4.90 Å². The van der Waals surface area contributed by atoms with E-state index >= 15 is 0 Å². The Bertz CT molecular complexity index is 373. The number of hydrogen-bond acceptors (Lipinski definition) is 2. The maximum absolute atomic E-state index is 12.6. The molecule has 0 radical (unpaired) electrons. The quantitative estimate of drug-likeness (QED) is 0.740. The van der Waals surface area contributed by atoms with Crippen molar-refractivity contribution >= 4 is 5.91 Å². The van der Waals surface area contributed by atoms with Crippen LogP contribution >= 0.6 is 0 Å². The Labute approximate surface area is 117 Å². The predicted molar refractivity (Wildman–Crippen MR) is 78.7 cm³/mol. The van der Waals surface area contributed by atoms with Crippen LogP contribution in [-0.4, -0.2) is 29.4 Å². The highest BCUT2D eigenvalue weighted by Gasteiger charge is 2.38. The molecule has 3 nitrogen and oxygen atoms in total. The zero-order chi connectivity index (χ0) is 14.1. The normalized spacial score (nSPS) is 24.0. The van der Waals surface area contributed by atoms with Gasteiger partial charge in [-0.25, -0.2) is 0 Å². The summed E-state index contributed by atoms with van der Waals surface area (Å²) in [5.74, 6) is 0.177. The third-order valence-electron chi connectivity index (χ3n) is 4.63. The first-order valence-electron chi connectivity index (χ1n) is 7.61. The SMILES string of the molecule is CC(C)(C)C1=CCN(C(=O)C2(N)CCCCC2)CC1. The topological polar surface area (TPSA) is 46.3 Å². The molecule has 108 valence electrons. The molecule has 0 bridgehead atoms. The predicted octanol–water partition coefficient (Wildman–Crippen LogP) is 2.85. The molecule has 2 N–H and O–H groups in total. The fourth-order valence-corrected chi connectivity index (χ4v) is 3.25. The first-order chi connectivity index (χ1) is 8.83. The summed E-state index contributed by atoms with van der Waals surface area (Å²) in [6, 6.07) is 0. The fraction of sp³-hybridized carbons (Fsp3) is 0.812. The van der Waals surface area contributed by atoms with Crippen LogP contribution in [0.4, 0.5) is 0 Å². The molecular weight excluding hydrogens is 236 g/mol. The highest BCUT2D eigenvalue weighted by molar-refractivity contribution is 5.86. The number of carbonyl (C=O) groups is 1. The van der Waals surface area contributed by atoms with E-state index in [1.807, 2.05) is 4.90 Å². The van der Waals surface area contributed by atoms with Crippen LogP contribution in [0.2, 0.25) is 0 Å². The van der Waals surface area contributed by atoms with Gasteiger partial charge in [0.25, 0.3) is 0 Å². The molecule has 0 aromatic carbocycles. The standard InChI is InChI=1S/C16H28N2O/c1-15(2,3)13-7-11-18(12-8-13)14(19)16(17)9-5-4-6-10-16/h7H,4-6,8-12,17H2,1-3H3. The van der Waals surface area contributed by atoms with E-state index in [1.54, 1.807) is 0 Å². The summed E-state index contributed by atoms with van der Waals surface area (Å²) in [5.41, 5.74) is 7.45. The molecule has 2 aliphatic rings. The molecule has 0 spiro atoms. The fourth-order valence-electron chi connectivity index (χ4n) is 3.25. The molecule has 0 atom stereocenters. The second-order valence-corrected chi connectivity index (χ2v) is 7.20. The molecule has 1 amide bonds. The Balaban J connectivity index is 2.01. The minimum absolute atomic E-state index is 0.177. The minimum atomic E-state index is -0.578. The van der Waals surface area contributed by atoms with Gasteiger partial charge >= 0.3 is 0 Å². The van der Waals surface area contributed by atoms with Gasteiger partial charge in [-0.15, -0.1) is 0 Å². The molecule has 0 unspecified atom stereocenters. The van der Waals surface area contributed by atoms with Crippen molar-refractivity contribution in [2.75, 3.05) is 13.1 Å². The van der Waals surface area contributed by atoms with Gasteiger partial charge in [0.1, 0.15) is 0 Å². The molecule has 2 rings (SSSR count). The van der Waals surface area contributed by atoms with E-state index in [0.717, 1.165) is 45.2 Å². The Kier molecular flexibility index (Phi) is 4.05. The second-order valence-electron chi connectivity index (χ2n) is 7.20. The summed E-state index contributed by atoms with van der Waals surface area (Å²) >= 11 is 0. The van der Waals surface area contributed by atoms with Crippen LogP contribution in [0.5, 0.6) is 0 Å². The number of rotatable bonds is 1. The van der Waals surface area contributed by atoms with Crippen LogP contribution in [0.25, 0.3) is 0 Å². The molecule has 19 heavy (non-hydrogen) atoms. The molecular formula is C16H28N2O. The second kappa shape index (κ2) is 5.28. The third kappa shape index (κ3) is 3.19. The van der Waals surface area contributed by atoms with Crippen LogP contribution < -0.4 is 5.73 Å². The molecule has 0 saturated heterocycles. The van der Waals surface area contributed by atoms with Gasteiger partial charge in [0.15, 0.2) is 0 Å². The average molecular weight is 264 g/mol. The number of nitrogens with two attached hydrogens (primary N) is 1. The highest BCUT2D eigenvalue weighted by Crippen LogP contribution is 2.32. The number of carbonyl (C=O) groups excluding carboxylic acids is 1. The van der Waals surface area contributed by atoms with E-state index in [2.05, 4.69) is 26.8 Å².